The molecule has 1 atom stereocenters. The maximum atomic E-state index is 5.96. The third-order valence-electron chi connectivity index (χ3n) is 3.36. The molecule has 0 saturated carbocycles. The number of hydrogen-bond donors (Lipinski definition) is 1. The summed E-state index contributed by atoms with van der Waals surface area (Å²) in [5.74, 6) is 1.90. The molecule has 1 aromatic heterocycles. The van der Waals surface area contributed by atoms with Gasteiger partial charge in [0.25, 0.3) is 0 Å². The molecule has 0 radical (unpaired) electrons. The first-order valence-electron chi connectivity index (χ1n) is 6.90. The van der Waals surface area contributed by atoms with E-state index >= 15 is 0 Å². The molecule has 2 rings (SSSR count). The van der Waals surface area contributed by atoms with E-state index in [4.69, 9.17) is 5.73 Å². The van der Waals surface area contributed by atoms with E-state index in [1.54, 1.807) is 0 Å². The molecule has 102 valence electrons. The van der Waals surface area contributed by atoms with Crippen LogP contribution in [0.5, 0.6) is 0 Å². The summed E-state index contributed by atoms with van der Waals surface area (Å²) in [6.07, 6.45) is 1.72. The first kappa shape index (κ1) is 13.7. The molecule has 4 nitrogen and oxygen atoms in total. The predicted molar refractivity (Wildman–Crippen MR) is 77.2 cm³/mol. The Balaban J connectivity index is 2.41. The van der Waals surface area contributed by atoms with Gasteiger partial charge in [-0.25, -0.2) is 9.67 Å². The van der Waals surface area contributed by atoms with Crippen molar-refractivity contribution in [3.63, 3.8) is 0 Å². The summed E-state index contributed by atoms with van der Waals surface area (Å²) in [7, 11) is 0. The van der Waals surface area contributed by atoms with E-state index in [-0.39, 0.29) is 6.04 Å². The second-order valence-electron chi connectivity index (χ2n) is 4.76. The molecule has 2 N–H and O–H groups in total. The highest BCUT2D eigenvalue weighted by atomic mass is 15.4. The zero-order valence-electron chi connectivity index (χ0n) is 11.9. The van der Waals surface area contributed by atoms with Gasteiger partial charge < -0.3 is 5.73 Å². The molecule has 2 aromatic rings. The van der Waals surface area contributed by atoms with Crippen LogP contribution in [0.25, 0.3) is 0 Å². The molecule has 1 aromatic carbocycles. The fourth-order valence-electron chi connectivity index (χ4n) is 2.21. The van der Waals surface area contributed by atoms with Crippen LogP contribution in [0, 0.1) is 6.92 Å². The Hall–Kier alpha value is -1.68. The number of benzene rings is 1. The molecular formula is C15H22N4. The van der Waals surface area contributed by atoms with E-state index in [0.717, 1.165) is 24.5 Å². The van der Waals surface area contributed by atoms with Crippen LogP contribution in [0.3, 0.4) is 0 Å². The number of nitrogens with two attached hydrogens (primary N) is 1. The van der Waals surface area contributed by atoms with Crippen LogP contribution in [-0.4, -0.2) is 21.3 Å². The van der Waals surface area contributed by atoms with Gasteiger partial charge in [0.1, 0.15) is 5.82 Å². The molecule has 0 aliphatic carbocycles. The largest absolute Gasteiger partial charge is 0.328 e. The molecule has 0 bridgehead atoms. The number of hydrogen-bond acceptors (Lipinski definition) is 3. The van der Waals surface area contributed by atoms with E-state index in [1.807, 2.05) is 4.68 Å². The van der Waals surface area contributed by atoms with Gasteiger partial charge in [0.05, 0.1) is 6.04 Å². The summed E-state index contributed by atoms with van der Waals surface area (Å²) >= 11 is 0. The summed E-state index contributed by atoms with van der Waals surface area (Å²) in [4.78, 5) is 4.56. The quantitative estimate of drug-likeness (QED) is 0.895. The van der Waals surface area contributed by atoms with E-state index < -0.39 is 0 Å². The Labute approximate surface area is 114 Å². The second kappa shape index (κ2) is 5.97. The minimum absolute atomic E-state index is 0.0725. The fraction of sp³-hybridized carbons (Fsp3) is 0.467. The Morgan fingerprint density at radius 1 is 1.16 bits per heavy atom. The van der Waals surface area contributed by atoms with E-state index in [0.29, 0.717) is 6.54 Å². The van der Waals surface area contributed by atoms with Crippen molar-refractivity contribution in [2.75, 3.05) is 6.54 Å². The number of nitrogens with zero attached hydrogens (tertiary/aromatic N) is 3. The van der Waals surface area contributed by atoms with Gasteiger partial charge >= 0.3 is 0 Å². The average Bonchev–Trinajstić information content (AvgIpc) is 2.85. The van der Waals surface area contributed by atoms with Crippen LogP contribution in [0.15, 0.2) is 24.3 Å². The minimum atomic E-state index is 0.0725. The summed E-state index contributed by atoms with van der Waals surface area (Å²) in [6, 6.07) is 8.55. The summed E-state index contributed by atoms with van der Waals surface area (Å²) in [5.41, 5.74) is 8.40. The maximum Gasteiger partial charge on any atom is 0.150 e. The molecule has 19 heavy (non-hydrogen) atoms. The number of aryl methyl sites for hydroxylation is 3. The van der Waals surface area contributed by atoms with Crippen LogP contribution in [-0.2, 0) is 12.8 Å². The minimum Gasteiger partial charge on any atom is -0.328 e. The Morgan fingerprint density at radius 3 is 2.37 bits per heavy atom. The van der Waals surface area contributed by atoms with Crippen molar-refractivity contribution in [2.24, 2.45) is 5.73 Å². The van der Waals surface area contributed by atoms with Gasteiger partial charge in [0.2, 0.25) is 0 Å². The van der Waals surface area contributed by atoms with Gasteiger partial charge in [-0.1, -0.05) is 43.7 Å². The van der Waals surface area contributed by atoms with Crippen LogP contribution in [0.2, 0.25) is 0 Å². The predicted octanol–water partition coefficient (Wildman–Crippen LogP) is 2.26. The smallest absolute Gasteiger partial charge is 0.150 e. The van der Waals surface area contributed by atoms with Crippen molar-refractivity contribution in [1.29, 1.82) is 0 Å². The van der Waals surface area contributed by atoms with Gasteiger partial charge in [0.15, 0.2) is 5.82 Å². The zero-order chi connectivity index (χ0) is 13.8. The number of aromatic nitrogens is 3. The lowest BCUT2D eigenvalue weighted by molar-refractivity contribution is 0.505. The molecule has 0 aliphatic rings. The first-order chi connectivity index (χ1) is 9.19. The van der Waals surface area contributed by atoms with Crippen LogP contribution >= 0.6 is 0 Å². The Kier molecular flexibility index (Phi) is 4.32. The van der Waals surface area contributed by atoms with E-state index in [9.17, 15) is 0 Å². The average molecular weight is 258 g/mol. The standard InChI is InChI=1S/C15H22N4/c1-4-14-17-15(5-2)19(18-14)13(10-16)12-8-6-11(3)7-9-12/h6-9,13H,4-5,10,16H2,1-3H3. The van der Waals surface area contributed by atoms with Crippen LogP contribution in [0.4, 0.5) is 0 Å². The molecule has 0 fully saturated rings. The molecule has 0 spiro atoms. The first-order valence-corrected chi connectivity index (χ1v) is 6.90. The third kappa shape index (κ3) is 2.84. The van der Waals surface area contributed by atoms with Gasteiger partial charge in [-0.2, -0.15) is 5.10 Å². The van der Waals surface area contributed by atoms with E-state index in [2.05, 4.69) is 55.1 Å². The van der Waals surface area contributed by atoms with Crippen molar-refractivity contribution in [3.05, 3.63) is 47.0 Å². The normalized spacial score (nSPS) is 12.6. The highest BCUT2D eigenvalue weighted by Gasteiger charge is 2.17. The highest BCUT2D eigenvalue weighted by Crippen LogP contribution is 2.19. The zero-order valence-corrected chi connectivity index (χ0v) is 11.9. The lowest BCUT2D eigenvalue weighted by Crippen LogP contribution is -2.23. The third-order valence-corrected chi connectivity index (χ3v) is 3.36. The molecule has 1 unspecified atom stereocenters. The topological polar surface area (TPSA) is 56.7 Å². The maximum absolute atomic E-state index is 5.96. The van der Waals surface area contributed by atoms with Gasteiger partial charge in [0, 0.05) is 19.4 Å². The monoisotopic (exact) mass is 258 g/mol. The lowest BCUT2D eigenvalue weighted by atomic mass is 10.1. The number of rotatable bonds is 5. The molecule has 1 heterocycles. The molecular weight excluding hydrogens is 236 g/mol. The molecule has 0 aliphatic heterocycles. The van der Waals surface area contributed by atoms with Gasteiger partial charge in [-0.05, 0) is 12.5 Å². The van der Waals surface area contributed by atoms with Crippen molar-refractivity contribution in [3.8, 4) is 0 Å². The van der Waals surface area contributed by atoms with Crippen LogP contribution < -0.4 is 5.73 Å². The van der Waals surface area contributed by atoms with Crippen molar-refractivity contribution < 1.29 is 0 Å². The summed E-state index contributed by atoms with van der Waals surface area (Å²) in [5, 5.41) is 4.60. The van der Waals surface area contributed by atoms with Gasteiger partial charge in [-0.15, -0.1) is 0 Å². The summed E-state index contributed by atoms with van der Waals surface area (Å²) in [6.45, 7) is 6.79. The Bertz CT molecular complexity index is 528. The van der Waals surface area contributed by atoms with Crippen LogP contribution in [0.1, 0.15) is 42.7 Å². The van der Waals surface area contributed by atoms with Crippen molar-refractivity contribution in [2.45, 2.75) is 39.7 Å². The second-order valence-corrected chi connectivity index (χ2v) is 4.76. The lowest BCUT2D eigenvalue weighted by Gasteiger charge is -2.17. The molecule has 0 saturated heterocycles. The molecule has 0 amide bonds. The SMILES string of the molecule is CCc1nc(CC)n(C(CN)c2ccc(C)cc2)n1. The molecule has 4 heteroatoms. The van der Waals surface area contributed by atoms with Gasteiger partial charge in [-0.3, -0.25) is 0 Å². The van der Waals surface area contributed by atoms with Crippen molar-refractivity contribution >= 4 is 0 Å². The highest BCUT2D eigenvalue weighted by molar-refractivity contribution is 5.25. The van der Waals surface area contributed by atoms with E-state index in [1.165, 1.54) is 11.1 Å². The fourth-order valence-corrected chi connectivity index (χ4v) is 2.21. The summed E-state index contributed by atoms with van der Waals surface area (Å²) < 4.78 is 1.99. The Morgan fingerprint density at radius 2 is 1.84 bits per heavy atom. The van der Waals surface area contributed by atoms with Crippen molar-refractivity contribution in [1.82, 2.24) is 14.8 Å².